The largest absolute Gasteiger partial charge is 0.452 e. The molecule has 1 heterocycles. The van der Waals surface area contributed by atoms with E-state index < -0.39 is 30.2 Å². The fraction of sp³-hybridized carbons (Fsp3) is 0.217. The minimum atomic E-state index is -0.651. The highest BCUT2D eigenvalue weighted by molar-refractivity contribution is 5.95. The lowest BCUT2D eigenvalue weighted by atomic mass is 10.2. The lowest BCUT2D eigenvalue weighted by molar-refractivity contribution is -0.136. The second-order valence-electron chi connectivity index (χ2n) is 7.27. The Morgan fingerprint density at radius 1 is 1.06 bits per heavy atom. The third-order valence-electron chi connectivity index (χ3n) is 4.62. The summed E-state index contributed by atoms with van der Waals surface area (Å²) in [7, 11) is 1.42. The SMILES string of the molecule is Cc1cc(C)n(-c2ccc(C(=O)OCC(=O)N(C)CC(=O)Nc3ccc(F)cc3)cc2)n1. The number of carbonyl (C=O) groups excluding carboxylic acids is 3. The highest BCUT2D eigenvalue weighted by atomic mass is 19.1. The van der Waals surface area contributed by atoms with Gasteiger partial charge in [-0.2, -0.15) is 5.10 Å². The molecule has 0 saturated heterocycles. The Hall–Kier alpha value is -4.01. The molecular weight excluding hydrogens is 415 g/mol. The van der Waals surface area contributed by atoms with Crippen molar-refractivity contribution in [3.05, 3.63) is 77.4 Å². The average molecular weight is 438 g/mol. The van der Waals surface area contributed by atoms with E-state index >= 15 is 0 Å². The summed E-state index contributed by atoms with van der Waals surface area (Å²) in [5.74, 6) is -2.06. The molecule has 166 valence electrons. The van der Waals surface area contributed by atoms with Crippen LogP contribution in [0.25, 0.3) is 5.69 Å². The Morgan fingerprint density at radius 3 is 2.31 bits per heavy atom. The molecule has 32 heavy (non-hydrogen) atoms. The number of aromatic nitrogens is 2. The zero-order chi connectivity index (χ0) is 23.3. The van der Waals surface area contributed by atoms with Crippen molar-refractivity contribution in [3.8, 4) is 5.69 Å². The van der Waals surface area contributed by atoms with Gasteiger partial charge in [0, 0.05) is 18.4 Å². The van der Waals surface area contributed by atoms with Crippen LogP contribution >= 0.6 is 0 Å². The zero-order valence-electron chi connectivity index (χ0n) is 18.0. The highest BCUT2D eigenvalue weighted by Crippen LogP contribution is 2.14. The molecule has 3 aromatic rings. The molecule has 1 N–H and O–H groups in total. The van der Waals surface area contributed by atoms with E-state index in [-0.39, 0.29) is 6.54 Å². The van der Waals surface area contributed by atoms with E-state index in [4.69, 9.17) is 4.74 Å². The third kappa shape index (κ3) is 5.78. The smallest absolute Gasteiger partial charge is 0.338 e. The topological polar surface area (TPSA) is 93.5 Å². The number of aryl methyl sites for hydroxylation is 2. The second-order valence-corrected chi connectivity index (χ2v) is 7.27. The van der Waals surface area contributed by atoms with E-state index in [2.05, 4.69) is 10.4 Å². The van der Waals surface area contributed by atoms with E-state index in [9.17, 15) is 18.8 Å². The predicted octanol–water partition coefficient (Wildman–Crippen LogP) is 2.88. The van der Waals surface area contributed by atoms with Crippen molar-refractivity contribution in [2.75, 3.05) is 25.5 Å². The van der Waals surface area contributed by atoms with Gasteiger partial charge in [-0.1, -0.05) is 0 Å². The minimum absolute atomic E-state index is 0.245. The molecule has 2 aromatic carbocycles. The van der Waals surface area contributed by atoms with E-state index in [1.807, 2.05) is 19.9 Å². The molecule has 1 aromatic heterocycles. The number of nitrogens with one attached hydrogen (secondary N) is 1. The number of anilines is 1. The number of carbonyl (C=O) groups is 3. The second kappa shape index (κ2) is 9.86. The lowest BCUT2D eigenvalue weighted by Crippen LogP contribution is -2.37. The van der Waals surface area contributed by atoms with Crippen molar-refractivity contribution in [2.45, 2.75) is 13.8 Å². The van der Waals surface area contributed by atoms with Gasteiger partial charge in [-0.05, 0) is 68.4 Å². The standard InChI is InChI=1S/C23H23FN4O4/c1-15-12-16(2)28(26-15)20-10-4-17(5-11-20)23(31)32-14-22(30)27(3)13-21(29)25-19-8-6-18(24)7-9-19/h4-12H,13-14H2,1-3H3,(H,25,29). The molecule has 0 atom stereocenters. The number of nitrogens with zero attached hydrogens (tertiary/aromatic N) is 3. The van der Waals surface area contributed by atoms with Crippen molar-refractivity contribution in [1.82, 2.24) is 14.7 Å². The van der Waals surface area contributed by atoms with Crippen molar-refractivity contribution in [2.24, 2.45) is 0 Å². The van der Waals surface area contributed by atoms with Crippen molar-refractivity contribution in [1.29, 1.82) is 0 Å². The molecule has 2 amide bonds. The number of hydrogen-bond acceptors (Lipinski definition) is 5. The summed E-state index contributed by atoms with van der Waals surface area (Å²) in [4.78, 5) is 37.6. The molecule has 0 aliphatic rings. The predicted molar refractivity (Wildman–Crippen MR) is 116 cm³/mol. The van der Waals surface area contributed by atoms with E-state index in [0.717, 1.165) is 22.0 Å². The van der Waals surface area contributed by atoms with Crippen LogP contribution in [0, 0.1) is 19.7 Å². The van der Waals surface area contributed by atoms with Gasteiger partial charge in [0.1, 0.15) is 5.82 Å². The molecule has 0 bridgehead atoms. The minimum Gasteiger partial charge on any atom is -0.452 e. The monoisotopic (exact) mass is 438 g/mol. The molecule has 0 saturated carbocycles. The molecule has 0 fully saturated rings. The van der Waals surface area contributed by atoms with Crippen molar-refractivity contribution < 1.29 is 23.5 Å². The van der Waals surface area contributed by atoms with Gasteiger partial charge in [-0.3, -0.25) is 9.59 Å². The van der Waals surface area contributed by atoms with E-state index in [1.165, 1.54) is 31.3 Å². The first-order valence-corrected chi connectivity index (χ1v) is 9.83. The van der Waals surface area contributed by atoms with Gasteiger partial charge in [0.25, 0.3) is 5.91 Å². The molecule has 9 heteroatoms. The summed E-state index contributed by atoms with van der Waals surface area (Å²) in [6.45, 7) is 3.09. The quantitative estimate of drug-likeness (QED) is 0.573. The van der Waals surface area contributed by atoms with Crippen molar-refractivity contribution in [3.63, 3.8) is 0 Å². The van der Waals surface area contributed by atoms with Crippen LogP contribution in [-0.4, -0.2) is 52.7 Å². The molecule has 0 unspecified atom stereocenters. The molecule has 0 aliphatic heterocycles. The number of amides is 2. The fourth-order valence-corrected chi connectivity index (χ4v) is 2.99. The summed E-state index contributed by atoms with van der Waals surface area (Å²) >= 11 is 0. The Labute approximate surface area is 184 Å². The average Bonchev–Trinajstić information content (AvgIpc) is 3.11. The molecule has 0 radical (unpaired) electrons. The van der Waals surface area contributed by atoms with Crippen LogP contribution < -0.4 is 5.32 Å². The fourth-order valence-electron chi connectivity index (χ4n) is 2.99. The number of ether oxygens (including phenoxy) is 1. The summed E-state index contributed by atoms with van der Waals surface area (Å²) in [5, 5.41) is 6.94. The molecule has 0 aliphatic carbocycles. The van der Waals surface area contributed by atoms with Gasteiger partial charge in [0.2, 0.25) is 5.91 Å². The Balaban J connectivity index is 1.49. The summed E-state index contributed by atoms with van der Waals surface area (Å²) < 4.78 is 19.8. The summed E-state index contributed by atoms with van der Waals surface area (Å²) in [6, 6.07) is 13.9. The van der Waals surface area contributed by atoms with Crippen LogP contribution in [0.3, 0.4) is 0 Å². The van der Waals surface area contributed by atoms with Crippen molar-refractivity contribution >= 4 is 23.5 Å². The summed E-state index contributed by atoms with van der Waals surface area (Å²) in [5.41, 5.74) is 3.36. The van der Waals surface area contributed by atoms with Gasteiger partial charge < -0.3 is 15.0 Å². The molecule has 3 rings (SSSR count). The van der Waals surface area contributed by atoms with Gasteiger partial charge in [-0.25, -0.2) is 13.9 Å². The number of esters is 1. The first kappa shape index (κ1) is 22.7. The van der Waals surface area contributed by atoms with Gasteiger partial charge in [0.05, 0.1) is 23.5 Å². The number of benzene rings is 2. The number of rotatable bonds is 7. The van der Waals surface area contributed by atoms with Crippen LogP contribution in [0.1, 0.15) is 21.7 Å². The number of likely N-dealkylation sites (N-methyl/N-ethyl adjacent to an activating group) is 1. The lowest BCUT2D eigenvalue weighted by Gasteiger charge is -2.17. The first-order valence-electron chi connectivity index (χ1n) is 9.83. The van der Waals surface area contributed by atoms with Gasteiger partial charge >= 0.3 is 5.97 Å². The van der Waals surface area contributed by atoms with Crippen LogP contribution in [0.4, 0.5) is 10.1 Å². The highest BCUT2D eigenvalue weighted by Gasteiger charge is 2.16. The molecular formula is C23H23FN4O4. The number of hydrogen-bond donors (Lipinski definition) is 1. The molecule has 0 spiro atoms. The Morgan fingerprint density at radius 2 is 1.72 bits per heavy atom. The van der Waals surface area contributed by atoms with Crippen LogP contribution in [0.5, 0.6) is 0 Å². The maximum Gasteiger partial charge on any atom is 0.338 e. The third-order valence-corrected chi connectivity index (χ3v) is 4.62. The first-order chi connectivity index (χ1) is 15.2. The molecule has 8 nitrogen and oxygen atoms in total. The zero-order valence-corrected chi connectivity index (χ0v) is 18.0. The Kier molecular flexibility index (Phi) is 6.99. The van der Waals surface area contributed by atoms with E-state index in [0.29, 0.717) is 11.3 Å². The van der Waals surface area contributed by atoms with Crippen LogP contribution in [0.15, 0.2) is 54.6 Å². The maximum absolute atomic E-state index is 12.9. The summed E-state index contributed by atoms with van der Waals surface area (Å²) in [6.07, 6.45) is 0. The van der Waals surface area contributed by atoms with E-state index in [1.54, 1.807) is 28.9 Å². The number of halogens is 1. The van der Waals surface area contributed by atoms with Gasteiger partial charge in [-0.15, -0.1) is 0 Å². The van der Waals surface area contributed by atoms with Crippen LogP contribution in [-0.2, 0) is 14.3 Å². The van der Waals surface area contributed by atoms with Gasteiger partial charge in [0.15, 0.2) is 6.61 Å². The maximum atomic E-state index is 12.9. The normalized spacial score (nSPS) is 10.5. The van der Waals surface area contributed by atoms with Crippen LogP contribution in [0.2, 0.25) is 0 Å². The Bertz CT molecular complexity index is 1120.